The van der Waals surface area contributed by atoms with Gasteiger partial charge in [-0.1, -0.05) is 44.2 Å². The summed E-state index contributed by atoms with van der Waals surface area (Å²) in [6.07, 6.45) is 3.00. The molecule has 2 unspecified atom stereocenters. The highest BCUT2D eigenvalue weighted by molar-refractivity contribution is 5.95. The van der Waals surface area contributed by atoms with E-state index in [4.69, 9.17) is 0 Å². The highest BCUT2D eigenvalue weighted by Gasteiger charge is 2.21. The fraction of sp³-hybridized carbons (Fsp3) is 0.588. The number of carbonyl (C=O) groups excluding carboxylic acids is 1. The lowest BCUT2D eigenvalue weighted by Gasteiger charge is -2.34. The van der Waals surface area contributed by atoms with Gasteiger partial charge >= 0.3 is 0 Å². The van der Waals surface area contributed by atoms with E-state index in [1.165, 1.54) is 19.5 Å². The zero-order chi connectivity index (χ0) is 13.7. The minimum atomic E-state index is 0.277. The molecule has 0 N–H and O–H groups in total. The molecule has 1 fully saturated rings. The molecule has 0 amide bonds. The Bertz CT molecular complexity index is 391. The summed E-state index contributed by atoms with van der Waals surface area (Å²) in [5.41, 5.74) is 0.850. The maximum atomic E-state index is 12.0. The van der Waals surface area contributed by atoms with Gasteiger partial charge in [0.2, 0.25) is 0 Å². The van der Waals surface area contributed by atoms with Crippen molar-refractivity contribution in [2.45, 2.75) is 33.1 Å². The van der Waals surface area contributed by atoms with Gasteiger partial charge in [-0.15, -0.1) is 0 Å². The minimum absolute atomic E-state index is 0.277. The Morgan fingerprint density at radius 3 is 2.42 bits per heavy atom. The smallest absolute Gasteiger partial charge is 0.162 e. The van der Waals surface area contributed by atoms with Gasteiger partial charge in [-0.3, -0.25) is 4.79 Å². The van der Waals surface area contributed by atoms with E-state index in [0.29, 0.717) is 6.42 Å². The zero-order valence-corrected chi connectivity index (χ0v) is 12.1. The Morgan fingerprint density at radius 2 is 1.79 bits per heavy atom. The number of benzene rings is 1. The largest absolute Gasteiger partial charge is 0.303 e. The van der Waals surface area contributed by atoms with Crippen LogP contribution in [0.5, 0.6) is 0 Å². The third kappa shape index (κ3) is 4.46. The number of ketones is 1. The van der Waals surface area contributed by atoms with Crippen molar-refractivity contribution < 1.29 is 4.79 Å². The van der Waals surface area contributed by atoms with Crippen LogP contribution in [-0.4, -0.2) is 30.3 Å². The van der Waals surface area contributed by atoms with Crippen molar-refractivity contribution in [2.24, 2.45) is 11.8 Å². The highest BCUT2D eigenvalue weighted by atomic mass is 16.1. The van der Waals surface area contributed by atoms with Crippen LogP contribution in [0.1, 0.15) is 43.5 Å². The van der Waals surface area contributed by atoms with Crippen molar-refractivity contribution in [3.63, 3.8) is 0 Å². The van der Waals surface area contributed by atoms with E-state index in [1.807, 2.05) is 30.3 Å². The van der Waals surface area contributed by atoms with Crippen LogP contribution in [0.25, 0.3) is 0 Å². The molecule has 0 aromatic heterocycles. The number of carbonyl (C=O) groups is 1. The highest BCUT2D eigenvalue weighted by Crippen LogP contribution is 2.21. The molecule has 19 heavy (non-hydrogen) atoms. The third-order valence-electron chi connectivity index (χ3n) is 3.92. The van der Waals surface area contributed by atoms with Gasteiger partial charge in [0.15, 0.2) is 5.78 Å². The van der Waals surface area contributed by atoms with Gasteiger partial charge in [0.1, 0.15) is 0 Å². The van der Waals surface area contributed by atoms with Crippen LogP contribution in [0.2, 0.25) is 0 Å². The molecule has 2 heteroatoms. The molecule has 2 atom stereocenters. The summed E-state index contributed by atoms with van der Waals surface area (Å²) in [7, 11) is 0. The van der Waals surface area contributed by atoms with Crippen molar-refractivity contribution in [1.82, 2.24) is 4.90 Å². The van der Waals surface area contributed by atoms with E-state index in [0.717, 1.165) is 30.4 Å². The molecule has 0 bridgehead atoms. The first-order valence-corrected chi connectivity index (χ1v) is 7.45. The predicted octanol–water partition coefficient (Wildman–Crippen LogP) is 3.63. The topological polar surface area (TPSA) is 20.3 Å². The Morgan fingerprint density at radius 1 is 1.16 bits per heavy atom. The monoisotopic (exact) mass is 259 g/mol. The first-order valence-electron chi connectivity index (χ1n) is 7.45. The summed E-state index contributed by atoms with van der Waals surface area (Å²) in [6.45, 7) is 8.12. The Kier molecular flexibility index (Phi) is 5.15. The number of piperidine rings is 1. The van der Waals surface area contributed by atoms with Gasteiger partial charge in [-0.2, -0.15) is 0 Å². The van der Waals surface area contributed by atoms with E-state index in [-0.39, 0.29) is 5.78 Å². The van der Waals surface area contributed by atoms with E-state index in [2.05, 4.69) is 18.7 Å². The van der Waals surface area contributed by atoms with Gasteiger partial charge in [-0.05, 0) is 31.2 Å². The molecule has 2 nitrogen and oxygen atoms in total. The molecule has 1 saturated heterocycles. The maximum Gasteiger partial charge on any atom is 0.162 e. The normalized spacial score (nSPS) is 24.3. The van der Waals surface area contributed by atoms with Crippen LogP contribution in [0.15, 0.2) is 30.3 Å². The fourth-order valence-electron chi connectivity index (χ4n) is 3.21. The Labute approximate surface area is 116 Å². The number of likely N-dealkylation sites (tertiary alicyclic amines) is 1. The van der Waals surface area contributed by atoms with Crippen LogP contribution < -0.4 is 0 Å². The summed E-state index contributed by atoms with van der Waals surface area (Å²) < 4.78 is 0. The van der Waals surface area contributed by atoms with Gasteiger partial charge < -0.3 is 4.90 Å². The van der Waals surface area contributed by atoms with Gasteiger partial charge in [0, 0.05) is 25.1 Å². The average molecular weight is 259 g/mol. The first kappa shape index (κ1) is 14.3. The molecule has 1 aliphatic heterocycles. The number of nitrogens with zero attached hydrogens (tertiary/aromatic N) is 1. The van der Waals surface area contributed by atoms with Crippen molar-refractivity contribution in [3.05, 3.63) is 35.9 Å². The molecule has 1 aromatic carbocycles. The van der Waals surface area contributed by atoms with E-state index < -0.39 is 0 Å². The van der Waals surface area contributed by atoms with Crippen LogP contribution in [0.3, 0.4) is 0 Å². The van der Waals surface area contributed by atoms with Crippen molar-refractivity contribution in [3.8, 4) is 0 Å². The second kappa shape index (κ2) is 6.85. The molecule has 0 saturated carbocycles. The quantitative estimate of drug-likeness (QED) is 0.753. The molecule has 1 heterocycles. The molecule has 0 aliphatic carbocycles. The summed E-state index contributed by atoms with van der Waals surface area (Å²) in [4.78, 5) is 14.5. The van der Waals surface area contributed by atoms with Gasteiger partial charge in [0.25, 0.3) is 0 Å². The Hall–Kier alpha value is -1.15. The molecule has 0 radical (unpaired) electrons. The van der Waals surface area contributed by atoms with E-state index in [9.17, 15) is 4.79 Å². The maximum absolute atomic E-state index is 12.0. The lowest BCUT2D eigenvalue weighted by Crippen LogP contribution is -2.39. The molecule has 104 valence electrons. The second-order valence-electron chi connectivity index (χ2n) is 6.10. The van der Waals surface area contributed by atoms with Crippen LogP contribution in [-0.2, 0) is 0 Å². The molecule has 1 aromatic rings. The SMILES string of the molecule is CC1CC(C)CN(CCCC(=O)c2ccccc2)C1. The molecular weight excluding hydrogens is 234 g/mol. The minimum Gasteiger partial charge on any atom is -0.303 e. The van der Waals surface area contributed by atoms with Gasteiger partial charge in [-0.25, -0.2) is 0 Å². The molecule has 0 spiro atoms. The van der Waals surface area contributed by atoms with Crippen LogP contribution >= 0.6 is 0 Å². The van der Waals surface area contributed by atoms with Gasteiger partial charge in [0.05, 0.1) is 0 Å². The van der Waals surface area contributed by atoms with E-state index >= 15 is 0 Å². The van der Waals surface area contributed by atoms with E-state index in [1.54, 1.807) is 0 Å². The summed E-state index contributed by atoms with van der Waals surface area (Å²) in [5, 5.41) is 0. The predicted molar refractivity (Wildman–Crippen MR) is 79.4 cm³/mol. The number of hydrogen-bond acceptors (Lipinski definition) is 2. The van der Waals surface area contributed by atoms with Crippen molar-refractivity contribution in [1.29, 1.82) is 0 Å². The Balaban J connectivity index is 1.73. The summed E-state index contributed by atoms with van der Waals surface area (Å²) in [6, 6.07) is 9.64. The standard InChI is InChI=1S/C17H25NO/c1-14-11-15(2)13-18(12-14)10-6-9-17(19)16-7-4-3-5-8-16/h3-5,7-8,14-15H,6,9-13H2,1-2H3. The summed E-state index contributed by atoms with van der Waals surface area (Å²) >= 11 is 0. The zero-order valence-electron chi connectivity index (χ0n) is 12.1. The number of hydrogen-bond donors (Lipinski definition) is 0. The fourth-order valence-corrected chi connectivity index (χ4v) is 3.21. The molecular formula is C17H25NO. The summed E-state index contributed by atoms with van der Waals surface area (Å²) in [5.74, 6) is 1.88. The lowest BCUT2D eigenvalue weighted by atomic mass is 9.92. The molecule has 2 rings (SSSR count). The lowest BCUT2D eigenvalue weighted by molar-refractivity contribution is 0.0962. The molecule has 1 aliphatic rings. The number of rotatable bonds is 5. The second-order valence-corrected chi connectivity index (χ2v) is 6.10. The third-order valence-corrected chi connectivity index (χ3v) is 3.92. The van der Waals surface area contributed by atoms with Crippen LogP contribution in [0.4, 0.5) is 0 Å². The number of Topliss-reactive ketones (excluding diaryl/α,β-unsaturated/α-hetero) is 1. The first-order chi connectivity index (χ1) is 9.15. The average Bonchev–Trinajstić information content (AvgIpc) is 2.38. The van der Waals surface area contributed by atoms with Crippen molar-refractivity contribution >= 4 is 5.78 Å². The van der Waals surface area contributed by atoms with Crippen molar-refractivity contribution in [2.75, 3.05) is 19.6 Å². The van der Waals surface area contributed by atoms with Crippen LogP contribution in [0, 0.1) is 11.8 Å².